The normalized spacial score (nSPS) is 25.7. The van der Waals surface area contributed by atoms with E-state index in [2.05, 4.69) is 36.5 Å². The number of methoxy groups -OCH3 is 1. The van der Waals surface area contributed by atoms with E-state index in [4.69, 9.17) is 4.74 Å². The first kappa shape index (κ1) is 14.6. The number of hydrogen-bond donors (Lipinski definition) is 2. The number of amides is 1. The van der Waals surface area contributed by atoms with E-state index < -0.39 is 0 Å². The highest BCUT2D eigenvalue weighted by atomic mass is 79.9. The first-order valence-electron chi connectivity index (χ1n) is 7.14. The van der Waals surface area contributed by atoms with E-state index in [0.717, 1.165) is 36.0 Å². The Kier molecular flexibility index (Phi) is 3.77. The highest BCUT2D eigenvalue weighted by molar-refractivity contribution is 9.10. The van der Waals surface area contributed by atoms with Crippen molar-refractivity contribution in [3.63, 3.8) is 0 Å². The van der Waals surface area contributed by atoms with Gasteiger partial charge >= 0.3 is 6.01 Å². The third-order valence-corrected chi connectivity index (χ3v) is 4.85. The van der Waals surface area contributed by atoms with Gasteiger partial charge in [0.05, 0.1) is 17.8 Å². The van der Waals surface area contributed by atoms with Gasteiger partial charge < -0.3 is 15.4 Å². The van der Waals surface area contributed by atoms with Crippen molar-refractivity contribution in [1.29, 1.82) is 0 Å². The number of carbonyl (C=O) groups is 1. The zero-order chi connectivity index (χ0) is 15.0. The van der Waals surface area contributed by atoms with Crippen molar-refractivity contribution in [2.75, 3.05) is 12.4 Å². The van der Waals surface area contributed by atoms with Crippen molar-refractivity contribution >= 4 is 27.7 Å². The number of carbonyl (C=O) groups excluding carboxylic acids is 1. The van der Waals surface area contributed by atoms with Crippen LogP contribution in [0.1, 0.15) is 32.6 Å². The first-order valence-corrected chi connectivity index (χ1v) is 7.93. The fourth-order valence-corrected chi connectivity index (χ4v) is 2.68. The van der Waals surface area contributed by atoms with Crippen molar-refractivity contribution in [3.8, 4) is 6.01 Å². The van der Waals surface area contributed by atoms with E-state index in [1.165, 1.54) is 0 Å². The first-order chi connectivity index (χ1) is 10.00. The van der Waals surface area contributed by atoms with Gasteiger partial charge in [-0.25, -0.2) is 4.98 Å². The molecule has 6 nitrogen and oxygen atoms in total. The predicted octanol–water partition coefficient (Wildman–Crippen LogP) is 2.11. The lowest BCUT2D eigenvalue weighted by Crippen LogP contribution is -2.51. The van der Waals surface area contributed by atoms with Crippen LogP contribution in [-0.4, -0.2) is 35.1 Å². The second-order valence-corrected chi connectivity index (χ2v) is 6.95. The third kappa shape index (κ3) is 3.12. The summed E-state index contributed by atoms with van der Waals surface area (Å²) in [5.74, 6) is 0.932. The fourth-order valence-electron chi connectivity index (χ4n) is 2.37. The molecule has 7 heteroatoms. The molecule has 0 atom stereocenters. The maximum absolute atomic E-state index is 12.0. The molecule has 0 aromatic carbocycles. The highest BCUT2D eigenvalue weighted by Crippen LogP contribution is 2.45. The maximum atomic E-state index is 12.0. The van der Waals surface area contributed by atoms with E-state index in [1.807, 2.05) is 6.92 Å². The van der Waals surface area contributed by atoms with Gasteiger partial charge in [0.2, 0.25) is 5.91 Å². The summed E-state index contributed by atoms with van der Waals surface area (Å²) < 4.78 is 5.83. The van der Waals surface area contributed by atoms with Crippen LogP contribution < -0.4 is 15.4 Å². The summed E-state index contributed by atoms with van der Waals surface area (Å²) in [6, 6.07) is 0.930. The fraction of sp³-hybridized carbons (Fsp3) is 0.643. The molecule has 2 fully saturated rings. The molecule has 114 valence electrons. The van der Waals surface area contributed by atoms with Crippen LogP contribution in [0.2, 0.25) is 0 Å². The molecule has 21 heavy (non-hydrogen) atoms. The Balaban J connectivity index is 1.49. The van der Waals surface area contributed by atoms with Crippen LogP contribution in [0.3, 0.4) is 0 Å². The van der Waals surface area contributed by atoms with Crippen molar-refractivity contribution in [2.24, 2.45) is 5.41 Å². The largest absolute Gasteiger partial charge is 0.467 e. The van der Waals surface area contributed by atoms with Crippen LogP contribution in [0.4, 0.5) is 5.82 Å². The molecule has 0 saturated heterocycles. The Morgan fingerprint density at radius 2 is 2.14 bits per heavy atom. The van der Waals surface area contributed by atoms with Crippen LogP contribution >= 0.6 is 15.9 Å². The van der Waals surface area contributed by atoms with Gasteiger partial charge in [-0.3, -0.25) is 4.79 Å². The Bertz CT molecular complexity index is 556. The topological polar surface area (TPSA) is 76.1 Å². The molecule has 2 aliphatic carbocycles. The molecule has 0 unspecified atom stereocenters. The zero-order valence-electron chi connectivity index (χ0n) is 12.1. The minimum absolute atomic E-state index is 0.0957. The van der Waals surface area contributed by atoms with Crippen LogP contribution in [0, 0.1) is 5.41 Å². The van der Waals surface area contributed by atoms with E-state index in [1.54, 1.807) is 13.3 Å². The van der Waals surface area contributed by atoms with Crippen molar-refractivity contribution in [1.82, 2.24) is 15.3 Å². The van der Waals surface area contributed by atoms with E-state index in [0.29, 0.717) is 12.1 Å². The standard InChI is InChI=1S/C14H19BrN4O2/c1-14(3-4-14)12(20)18-9-5-8(6-9)17-11-10(15)7-16-13(19-11)21-2/h7-9H,3-6H2,1-2H3,(H,18,20)(H,16,17,19). The lowest BCUT2D eigenvalue weighted by atomic mass is 9.86. The molecule has 0 bridgehead atoms. The van der Waals surface area contributed by atoms with E-state index in [9.17, 15) is 4.79 Å². The summed E-state index contributed by atoms with van der Waals surface area (Å²) in [6.07, 6.45) is 5.53. The molecule has 1 amide bonds. The Hall–Kier alpha value is -1.37. The zero-order valence-corrected chi connectivity index (χ0v) is 13.7. The number of rotatable bonds is 5. The minimum Gasteiger partial charge on any atom is -0.467 e. The number of anilines is 1. The lowest BCUT2D eigenvalue weighted by molar-refractivity contribution is -0.127. The van der Waals surface area contributed by atoms with Crippen LogP contribution in [0.15, 0.2) is 10.7 Å². The summed E-state index contributed by atoms with van der Waals surface area (Å²) in [4.78, 5) is 20.2. The number of nitrogens with one attached hydrogen (secondary N) is 2. The molecule has 0 spiro atoms. The molecule has 2 N–H and O–H groups in total. The molecule has 0 aliphatic heterocycles. The smallest absolute Gasteiger partial charge is 0.318 e. The van der Waals surface area contributed by atoms with Gasteiger partial charge in [-0.05, 0) is 41.6 Å². The minimum atomic E-state index is -0.0957. The van der Waals surface area contributed by atoms with Gasteiger partial charge in [0.1, 0.15) is 5.82 Å². The molecule has 1 aromatic rings. The van der Waals surface area contributed by atoms with Gasteiger partial charge in [-0.1, -0.05) is 6.92 Å². The molecule has 2 aliphatic rings. The number of halogens is 1. The third-order valence-electron chi connectivity index (χ3n) is 4.27. The number of aromatic nitrogens is 2. The van der Waals surface area contributed by atoms with Crippen LogP contribution in [0.5, 0.6) is 6.01 Å². The van der Waals surface area contributed by atoms with Gasteiger partial charge in [-0.15, -0.1) is 0 Å². The Morgan fingerprint density at radius 1 is 1.43 bits per heavy atom. The molecular formula is C14H19BrN4O2. The summed E-state index contributed by atoms with van der Waals surface area (Å²) in [6.45, 7) is 2.03. The second kappa shape index (κ2) is 5.44. The molecular weight excluding hydrogens is 336 g/mol. The van der Waals surface area contributed by atoms with Crippen molar-refractivity contribution < 1.29 is 9.53 Å². The average molecular weight is 355 g/mol. The average Bonchev–Trinajstić information content (AvgIpc) is 3.17. The summed E-state index contributed by atoms with van der Waals surface area (Å²) in [7, 11) is 1.54. The van der Waals surface area contributed by atoms with E-state index in [-0.39, 0.29) is 17.4 Å². The van der Waals surface area contributed by atoms with Gasteiger partial charge in [0, 0.05) is 17.5 Å². The quantitative estimate of drug-likeness (QED) is 0.846. The molecule has 1 aromatic heterocycles. The summed E-state index contributed by atoms with van der Waals surface area (Å²) in [5.41, 5.74) is -0.0957. The second-order valence-electron chi connectivity index (χ2n) is 6.10. The predicted molar refractivity (Wildman–Crippen MR) is 82.2 cm³/mol. The van der Waals surface area contributed by atoms with E-state index >= 15 is 0 Å². The number of nitrogens with zero attached hydrogens (tertiary/aromatic N) is 2. The Morgan fingerprint density at radius 3 is 2.76 bits per heavy atom. The van der Waals surface area contributed by atoms with Crippen LogP contribution in [-0.2, 0) is 4.79 Å². The molecule has 0 radical (unpaired) electrons. The van der Waals surface area contributed by atoms with Gasteiger partial charge in [-0.2, -0.15) is 4.98 Å². The van der Waals surface area contributed by atoms with Gasteiger partial charge in [0.15, 0.2) is 0 Å². The maximum Gasteiger partial charge on any atom is 0.318 e. The summed E-state index contributed by atoms with van der Waals surface area (Å²) >= 11 is 3.42. The van der Waals surface area contributed by atoms with Crippen molar-refractivity contribution in [3.05, 3.63) is 10.7 Å². The summed E-state index contributed by atoms with van der Waals surface area (Å²) in [5, 5.41) is 6.47. The molecule has 1 heterocycles. The number of ether oxygens (including phenoxy) is 1. The van der Waals surface area contributed by atoms with Crippen molar-refractivity contribution in [2.45, 2.75) is 44.7 Å². The van der Waals surface area contributed by atoms with Crippen LogP contribution in [0.25, 0.3) is 0 Å². The molecule has 2 saturated carbocycles. The van der Waals surface area contributed by atoms with Gasteiger partial charge in [0.25, 0.3) is 0 Å². The Labute approximate surface area is 132 Å². The SMILES string of the molecule is COc1ncc(Br)c(NC2CC(NC(=O)C3(C)CC3)C2)n1. The highest BCUT2D eigenvalue weighted by Gasteiger charge is 2.46. The molecule has 3 rings (SSSR count). The lowest BCUT2D eigenvalue weighted by Gasteiger charge is -2.37. The number of hydrogen-bond acceptors (Lipinski definition) is 5. The monoisotopic (exact) mass is 354 g/mol.